The highest BCUT2D eigenvalue weighted by molar-refractivity contribution is 5.77. The number of fused-ring (bicyclic) bond motifs is 2. The van der Waals surface area contributed by atoms with E-state index in [1.165, 1.54) is 23.5 Å². The molecular weight excluding hydrogens is 331 g/mol. The molecule has 0 aliphatic carbocycles. The predicted octanol–water partition coefficient (Wildman–Crippen LogP) is 1.48. The normalized spacial score (nSPS) is 37.0. The van der Waals surface area contributed by atoms with Crippen LogP contribution in [0.1, 0.15) is 51.0 Å². The standard InChI is InChI=1S/C21H29FN2O2/c1-15-3-2-10-23(13-15)20(25)14-24-18-8-9-19(24)12-21(26,11-18)16-4-6-17(22)7-5-16/h4-7,15,18-19,26H,2-3,8-14H2,1H3/p+1/t15-,18-,19+,21?/m1/s1. The molecule has 3 fully saturated rings. The molecule has 26 heavy (non-hydrogen) atoms. The van der Waals surface area contributed by atoms with Crippen LogP contribution in [0, 0.1) is 11.7 Å². The Morgan fingerprint density at radius 1 is 1.23 bits per heavy atom. The van der Waals surface area contributed by atoms with Gasteiger partial charge in [-0.2, -0.15) is 0 Å². The van der Waals surface area contributed by atoms with E-state index in [2.05, 4.69) is 6.92 Å². The van der Waals surface area contributed by atoms with E-state index in [4.69, 9.17) is 0 Å². The molecule has 3 heterocycles. The number of benzene rings is 1. The first-order valence-electron chi connectivity index (χ1n) is 10.1. The van der Waals surface area contributed by atoms with E-state index in [9.17, 15) is 14.3 Å². The maximum Gasteiger partial charge on any atom is 0.277 e. The molecule has 142 valence electrons. The zero-order chi connectivity index (χ0) is 18.3. The Kier molecular flexibility index (Phi) is 4.78. The summed E-state index contributed by atoms with van der Waals surface area (Å²) in [7, 11) is 0. The summed E-state index contributed by atoms with van der Waals surface area (Å²) in [5, 5.41) is 11.2. The van der Waals surface area contributed by atoms with Gasteiger partial charge in [-0.1, -0.05) is 19.1 Å². The number of amides is 1. The fraction of sp³-hybridized carbons (Fsp3) is 0.667. The Hall–Kier alpha value is -1.46. The number of likely N-dealkylation sites (tertiary alicyclic amines) is 1. The highest BCUT2D eigenvalue weighted by Gasteiger charge is 2.52. The van der Waals surface area contributed by atoms with Gasteiger partial charge in [-0.15, -0.1) is 0 Å². The molecule has 1 amide bonds. The maximum absolute atomic E-state index is 13.2. The van der Waals surface area contributed by atoms with Crippen molar-refractivity contribution in [2.24, 2.45) is 5.92 Å². The lowest BCUT2D eigenvalue weighted by atomic mass is 9.80. The first-order valence-corrected chi connectivity index (χ1v) is 10.1. The van der Waals surface area contributed by atoms with E-state index in [0.29, 0.717) is 37.4 Å². The van der Waals surface area contributed by atoms with Crippen molar-refractivity contribution in [1.82, 2.24) is 4.90 Å². The second kappa shape index (κ2) is 6.93. The van der Waals surface area contributed by atoms with Gasteiger partial charge in [-0.3, -0.25) is 4.79 Å². The number of hydrogen-bond acceptors (Lipinski definition) is 2. The van der Waals surface area contributed by atoms with Gasteiger partial charge in [0.1, 0.15) is 11.4 Å². The van der Waals surface area contributed by atoms with Crippen molar-refractivity contribution in [2.75, 3.05) is 19.6 Å². The lowest BCUT2D eigenvalue weighted by molar-refractivity contribution is -0.937. The van der Waals surface area contributed by atoms with E-state index in [1.807, 2.05) is 4.90 Å². The van der Waals surface area contributed by atoms with Gasteiger partial charge >= 0.3 is 0 Å². The monoisotopic (exact) mass is 361 g/mol. The number of nitrogens with zero attached hydrogens (tertiary/aromatic N) is 1. The zero-order valence-electron chi connectivity index (χ0n) is 15.6. The molecule has 1 aromatic carbocycles. The number of halogens is 1. The molecule has 3 saturated heterocycles. The minimum Gasteiger partial charge on any atom is -0.385 e. The van der Waals surface area contributed by atoms with Crippen molar-refractivity contribution in [1.29, 1.82) is 0 Å². The third-order valence-corrected chi connectivity index (χ3v) is 6.83. The van der Waals surface area contributed by atoms with Gasteiger partial charge in [0.25, 0.3) is 5.91 Å². The van der Waals surface area contributed by atoms with Crippen molar-refractivity contribution < 1.29 is 19.2 Å². The molecule has 0 aromatic heterocycles. The fourth-order valence-electron chi connectivity index (χ4n) is 5.46. The molecule has 2 unspecified atom stereocenters. The molecule has 4 nitrogen and oxygen atoms in total. The topological polar surface area (TPSA) is 45.0 Å². The van der Waals surface area contributed by atoms with Gasteiger partial charge < -0.3 is 14.9 Å². The minimum atomic E-state index is -0.883. The molecule has 5 atom stereocenters. The first-order chi connectivity index (χ1) is 12.4. The largest absolute Gasteiger partial charge is 0.385 e. The molecule has 0 radical (unpaired) electrons. The fourth-order valence-corrected chi connectivity index (χ4v) is 5.46. The molecule has 0 spiro atoms. The summed E-state index contributed by atoms with van der Waals surface area (Å²) >= 11 is 0. The zero-order valence-corrected chi connectivity index (χ0v) is 15.6. The molecule has 5 heteroatoms. The van der Waals surface area contributed by atoms with E-state index in [1.54, 1.807) is 12.1 Å². The summed E-state index contributed by atoms with van der Waals surface area (Å²) < 4.78 is 13.2. The SMILES string of the molecule is C[C@@H]1CCCN(C(=O)C[NH+]2[C@@H]3CC[C@H]2CC(O)(c2ccc(F)cc2)C3)C1. The van der Waals surface area contributed by atoms with E-state index in [-0.39, 0.29) is 11.7 Å². The molecule has 4 rings (SSSR count). The van der Waals surface area contributed by atoms with Crippen molar-refractivity contribution >= 4 is 5.91 Å². The van der Waals surface area contributed by atoms with Crippen LogP contribution in [0.15, 0.2) is 24.3 Å². The number of nitrogens with one attached hydrogen (secondary N) is 1. The van der Waals surface area contributed by atoms with Crippen LogP contribution in [0.2, 0.25) is 0 Å². The van der Waals surface area contributed by atoms with Gasteiger partial charge in [-0.05, 0) is 36.5 Å². The van der Waals surface area contributed by atoms with Crippen LogP contribution >= 0.6 is 0 Å². The van der Waals surface area contributed by atoms with Crippen LogP contribution in [-0.2, 0) is 10.4 Å². The van der Waals surface area contributed by atoms with E-state index < -0.39 is 5.60 Å². The Bertz CT molecular complexity index is 648. The summed E-state index contributed by atoms with van der Waals surface area (Å²) in [4.78, 5) is 16.2. The van der Waals surface area contributed by atoms with Crippen molar-refractivity contribution in [3.63, 3.8) is 0 Å². The highest BCUT2D eigenvalue weighted by Crippen LogP contribution is 2.38. The lowest BCUT2D eigenvalue weighted by Crippen LogP contribution is -3.19. The number of rotatable bonds is 3. The van der Waals surface area contributed by atoms with Crippen molar-refractivity contribution in [3.8, 4) is 0 Å². The van der Waals surface area contributed by atoms with Gasteiger partial charge in [-0.25, -0.2) is 4.39 Å². The van der Waals surface area contributed by atoms with Crippen LogP contribution in [-0.4, -0.2) is 47.6 Å². The molecule has 3 aliphatic heterocycles. The number of carbonyl (C=O) groups excluding carboxylic acids is 1. The van der Waals surface area contributed by atoms with Crippen molar-refractivity contribution in [2.45, 2.75) is 63.1 Å². The summed E-state index contributed by atoms with van der Waals surface area (Å²) in [6, 6.07) is 6.90. The number of carbonyl (C=O) groups is 1. The van der Waals surface area contributed by atoms with Crippen LogP contribution < -0.4 is 4.90 Å². The predicted molar refractivity (Wildman–Crippen MR) is 97.1 cm³/mol. The lowest BCUT2D eigenvalue weighted by Gasteiger charge is -2.42. The number of aliphatic hydroxyl groups is 1. The molecule has 0 saturated carbocycles. The molecule has 2 bridgehead atoms. The molecule has 3 aliphatic rings. The van der Waals surface area contributed by atoms with Gasteiger partial charge in [0.05, 0.1) is 12.1 Å². The average Bonchev–Trinajstić information content (AvgIpc) is 2.86. The quantitative estimate of drug-likeness (QED) is 0.857. The molecular formula is C21H30FN2O2+. The Morgan fingerprint density at radius 2 is 1.88 bits per heavy atom. The third kappa shape index (κ3) is 3.39. The van der Waals surface area contributed by atoms with Gasteiger partial charge in [0.15, 0.2) is 6.54 Å². The Morgan fingerprint density at radius 3 is 2.50 bits per heavy atom. The van der Waals surface area contributed by atoms with Crippen LogP contribution in [0.3, 0.4) is 0 Å². The highest BCUT2D eigenvalue weighted by atomic mass is 19.1. The van der Waals surface area contributed by atoms with Gasteiger partial charge in [0, 0.05) is 38.8 Å². The third-order valence-electron chi connectivity index (χ3n) is 6.83. The van der Waals surface area contributed by atoms with Crippen LogP contribution in [0.4, 0.5) is 4.39 Å². The van der Waals surface area contributed by atoms with Crippen molar-refractivity contribution in [3.05, 3.63) is 35.6 Å². The first kappa shape index (κ1) is 17.9. The second-order valence-electron chi connectivity index (χ2n) is 8.76. The molecule has 1 aromatic rings. The second-order valence-corrected chi connectivity index (χ2v) is 8.76. The smallest absolute Gasteiger partial charge is 0.277 e. The van der Waals surface area contributed by atoms with E-state index in [0.717, 1.165) is 37.9 Å². The summed E-state index contributed by atoms with van der Waals surface area (Å²) in [6.07, 6.45) is 5.78. The minimum absolute atomic E-state index is 0.273. The van der Waals surface area contributed by atoms with E-state index >= 15 is 0 Å². The number of hydrogen-bond donors (Lipinski definition) is 2. The molecule has 2 N–H and O–H groups in total. The summed E-state index contributed by atoms with van der Waals surface area (Å²) in [5.74, 6) is 0.602. The Labute approximate surface area is 155 Å². The number of quaternary nitrogens is 1. The average molecular weight is 361 g/mol. The van der Waals surface area contributed by atoms with Crippen LogP contribution in [0.25, 0.3) is 0 Å². The van der Waals surface area contributed by atoms with Crippen LogP contribution in [0.5, 0.6) is 0 Å². The number of piperidine rings is 2. The summed E-state index contributed by atoms with van der Waals surface area (Å²) in [5.41, 5.74) is -0.0721. The Balaban J connectivity index is 1.43. The van der Waals surface area contributed by atoms with Gasteiger partial charge in [0.2, 0.25) is 0 Å². The maximum atomic E-state index is 13.2. The summed E-state index contributed by atoms with van der Waals surface area (Å²) in [6.45, 7) is 4.56.